The van der Waals surface area contributed by atoms with Gasteiger partial charge in [0.2, 0.25) is 5.91 Å². The molecule has 1 amide bonds. The van der Waals surface area contributed by atoms with Crippen molar-refractivity contribution in [2.45, 2.75) is 19.4 Å². The predicted molar refractivity (Wildman–Crippen MR) is 53.2 cm³/mol. The Morgan fingerprint density at radius 3 is 2.64 bits per heavy atom. The molecule has 80 valence electrons. The van der Waals surface area contributed by atoms with Gasteiger partial charge in [0.1, 0.15) is 12.3 Å². The van der Waals surface area contributed by atoms with Gasteiger partial charge in [-0.1, -0.05) is 0 Å². The predicted octanol–water partition coefficient (Wildman–Crippen LogP) is -0.102. The molecule has 0 unspecified atom stereocenters. The van der Waals surface area contributed by atoms with E-state index in [9.17, 15) is 14.4 Å². The van der Waals surface area contributed by atoms with Crippen LogP contribution in [0.2, 0.25) is 0 Å². The Bertz CT molecular complexity index is 219. The highest BCUT2D eigenvalue weighted by atomic mass is 32.2. The van der Waals surface area contributed by atoms with Crippen LogP contribution in [0.5, 0.6) is 0 Å². The number of hydrogen-bond acceptors (Lipinski definition) is 4. The maximum Gasteiger partial charge on any atom is 0.327 e. The highest BCUT2D eigenvalue weighted by Crippen LogP contribution is 2.04. The fraction of sp³-hybridized carbons (Fsp3) is 0.625. The summed E-state index contributed by atoms with van der Waals surface area (Å²) < 4.78 is 0. The second kappa shape index (κ2) is 7.37. The highest BCUT2D eigenvalue weighted by Gasteiger charge is 2.17. The standard InChI is InChI=1S/C8H13NO4S/c1-6(11)9-7(8(12)13)5-14-4-2-3-10/h3,7H,2,4-5H2,1H3,(H,9,11)(H,12,13)/t7-/m0/s1. The van der Waals surface area contributed by atoms with E-state index in [2.05, 4.69) is 5.32 Å². The minimum absolute atomic E-state index is 0.281. The molecule has 5 nitrogen and oxygen atoms in total. The molecule has 0 aromatic rings. The summed E-state index contributed by atoms with van der Waals surface area (Å²) in [5.41, 5.74) is 0. The van der Waals surface area contributed by atoms with Gasteiger partial charge in [-0.15, -0.1) is 0 Å². The Balaban J connectivity index is 3.79. The summed E-state index contributed by atoms with van der Waals surface area (Å²) in [6.07, 6.45) is 1.18. The van der Waals surface area contributed by atoms with Crippen LogP contribution in [0.3, 0.4) is 0 Å². The van der Waals surface area contributed by atoms with Gasteiger partial charge in [0, 0.05) is 19.1 Å². The van der Waals surface area contributed by atoms with Gasteiger partial charge >= 0.3 is 5.97 Å². The lowest BCUT2D eigenvalue weighted by Gasteiger charge is -2.11. The van der Waals surface area contributed by atoms with Gasteiger partial charge in [-0.3, -0.25) is 4.79 Å². The quantitative estimate of drug-likeness (QED) is 0.461. The van der Waals surface area contributed by atoms with Crippen LogP contribution in [-0.2, 0) is 14.4 Å². The molecule has 0 rings (SSSR count). The van der Waals surface area contributed by atoms with Crippen LogP contribution < -0.4 is 5.32 Å². The lowest BCUT2D eigenvalue weighted by molar-refractivity contribution is -0.140. The molecule has 0 aromatic carbocycles. The number of aliphatic carboxylic acids is 1. The molecule has 6 heteroatoms. The molecule has 1 atom stereocenters. The second-order valence-electron chi connectivity index (χ2n) is 2.62. The zero-order chi connectivity index (χ0) is 11.0. The Morgan fingerprint density at radius 2 is 2.21 bits per heavy atom. The molecule has 0 spiro atoms. The third-order valence-electron chi connectivity index (χ3n) is 1.34. The van der Waals surface area contributed by atoms with E-state index in [1.165, 1.54) is 18.7 Å². The summed E-state index contributed by atoms with van der Waals surface area (Å²) in [6, 6.07) is -0.871. The fourth-order valence-electron chi connectivity index (χ4n) is 0.753. The lowest BCUT2D eigenvalue weighted by Crippen LogP contribution is -2.41. The van der Waals surface area contributed by atoms with E-state index in [4.69, 9.17) is 5.11 Å². The summed E-state index contributed by atoms with van der Waals surface area (Å²) in [5.74, 6) is -0.567. The van der Waals surface area contributed by atoms with Crippen molar-refractivity contribution in [1.82, 2.24) is 5.32 Å². The molecule has 14 heavy (non-hydrogen) atoms. The number of carbonyl (C=O) groups excluding carboxylic acids is 2. The molecule has 0 saturated heterocycles. The van der Waals surface area contributed by atoms with Crippen molar-refractivity contribution in [3.05, 3.63) is 0 Å². The van der Waals surface area contributed by atoms with Gasteiger partial charge in [-0.05, 0) is 5.75 Å². The molecule has 0 saturated carbocycles. The first-order chi connectivity index (χ1) is 6.57. The summed E-state index contributed by atoms with van der Waals surface area (Å²) in [7, 11) is 0. The number of thioether (sulfide) groups is 1. The van der Waals surface area contributed by atoms with Crippen molar-refractivity contribution in [2.24, 2.45) is 0 Å². The largest absolute Gasteiger partial charge is 0.480 e. The fourth-order valence-corrected chi connectivity index (χ4v) is 1.64. The molecule has 0 radical (unpaired) electrons. The Morgan fingerprint density at radius 1 is 1.57 bits per heavy atom. The number of carbonyl (C=O) groups is 3. The average Bonchev–Trinajstić information content (AvgIpc) is 2.09. The van der Waals surface area contributed by atoms with Crippen molar-refractivity contribution in [3.63, 3.8) is 0 Å². The van der Waals surface area contributed by atoms with E-state index in [1.54, 1.807) is 0 Å². The molecule has 2 N–H and O–H groups in total. The van der Waals surface area contributed by atoms with Crippen molar-refractivity contribution < 1.29 is 19.5 Å². The summed E-state index contributed by atoms with van der Waals surface area (Å²) in [6.45, 7) is 1.27. The van der Waals surface area contributed by atoms with Gasteiger partial charge in [-0.2, -0.15) is 11.8 Å². The topological polar surface area (TPSA) is 83.5 Å². The minimum Gasteiger partial charge on any atom is -0.480 e. The van der Waals surface area contributed by atoms with E-state index in [1.807, 2.05) is 0 Å². The Labute approximate surface area is 86.2 Å². The zero-order valence-electron chi connectivity index (χ0n) is 7.86. The summed E-state index contributed by atoms with van der Waals surface area (Å²) in [4.78, 5) is 31.2. The van der Waals surface area contributed by atoms with Gasteiger partial charge in [0.25, 0.3) is 0 Å². The van der Waals surface area contributed by atoms with Crippen molar-refractivity contribution in [2.75, 3.05) is 11.5 Å². The van der Waals surface area contributed by atoms with Crippen LogP contribution in [0.25, 0.3) is 0 Å². The number of aldehydes is 1. The molecule has 0 aliphatic carbocycles. The number of carboxylic acids is 1. The first-order valence-electron chi connectivity index (χ1n) is 4.09. The molecule has 0 bridgehead atoms. The molecule has 0 heterocycles. The Kier molecular flexibility index (Phi) is 6.82. The molecule has 0 aliphatic rings. The number of amides is 1. The van der Waals surface area contributed by atoms with Crippen LogP contribution in [0.1, 0.15) is 13.3 Å². The highest BCUT2D eigenvalue weighted by molar-refractivity contribution is 7.99. The third-order valence-corrected chi connectivity index (χ3v) is 2.43. The van der Waals surface area contributed by atoms with Gasteiger partial charge in [0.05, 0.1) is 0 Å². The molecular formula is C8H13NO4S. The summed E-state index contributed by atoms with van der Waals surface area (Å²) >= 11 is 1.33. The second-order valence-corrected chi connectivity index (χ2v) is 3.77. The normalized spacial score (nSPS) is 11.8. The van der Waals surface area contributed by atoms with Gasteiger partial charge in [-0.25, -0.2) is 4.79 Å². The van der Waals surface area contributed by atoms with Crippen LogP contribution in [0, 0.1) is 0 Å². The maximum atomic E-state index is 10.6. The molecule has 0 aromatic heterocycles. The Hall–Kier alpha value is -1.04. The zero-order valence-corrected chi connectivity index (χ0v) is 8.67. The van der Waals surface area contributed by atoms with Crippen molar-refractivity contribution in [3.8, 4) is 0 Å². The summed E-state index contributed by atoms with van der Waals surface area (Å²) in [5, 5.41) is 11.0. The van der Waals surface area contributed by atoms with E-state index in [0.717, 1.165) is 6.29 Å². The number of rotatable bonds is 7. The van der Waals surface area contributed by atoms with Crippen LogP contribution in [0.4, 0.5) is 0 Å². The molecular weight excluding hydrogens is 206 g/mol. The SMILES string of the molecule is CC(=O)N[C@@H](CSCCC=O)C(=O)O. The molecule has 0 aliphatic heterocycles. The third kappa shape index (κ3) is 6.47. The van der Waals surface area contributed by atoms with E-state index >= 15 is 0 Å². The smallest absolute Gasteiger partial charge is 0.327 e. The van der Waals surface area contributed by atoms with E-state index in [0.29, 0.717) is 12.2 Å². The van der Waals surface area contributed by atoms with Gasteiger partial charge < -0.3 is 15.2 Å². The average molecular weight is 219 g/mol. The minimum atomic E-state index is -1.06. The first kappa shape index (κ1) is 13.0. The maximum absolute atomic E-state index is 10.6. The van der Waals surface area contributed by atoms with E-state index in [-0.39, 0.29) is 11.7 Å². The van der Waals surface area contributed by atoms with Crippen LogP contribution in [0.15, 0.2) is 0 Å². The van der Waals surface area contributed by atoms with Crippen molar-refractivity contribution in [1.29, 1.82) is 0 Å². The van der Waals surface area contributed by atoms with Gasteiger partial charge in [0.15, 0.2) is 0 Å². The van der Waals surface area contributed by atoms with Crippen molar-refractivity contribution >= 4 is 29.9 Å². The molecule has 0 fully saturated rings. The van der Waals surface area contributed by atoms with Crippen LogP contribution in [-0.4, -0.2) is 40.8 Å². The van der Waals surface area contributed by atoms with E-state index < -0.39 is 12.0 Å². The van der Waals surface area contributed by atoms with Crippen LogP contribution >= 0.6 is 11.8 Å². The monoisotopic (exact) mass is 219 g/mol. The first-order valence-corrected chi connectivity index (χ1v) is 5.24. The lowest BCUT2D eigenvalue weighted by atomic mass is 10.3. The number of nitrogens with one attached hydrogen (secondary N) is 1. The number of hydrogen-bond donors (Lipinski definition) is 2. The number of carboxylic acid groups (broad SMARTS) is 1.